The number of rotatable bonds is 2. The topological polar surface area (TPSA) is 43.8 Å². The van der Waals surface area contributed by atoms with E-state index in [1.807, 2.05) is 17.7 Å². The first-order valence-corrected chi connectivity index (χ1v) is 3.96. The van der Waals surface area contributed by atoms with Gasteiger partial charge in [-0.1, -0.05) is 6.92 Å². The minimum atomic E-state index is 0.451. The number of hydrogen-bond donors (Lipinski definition) is 1. The first-order chi connectivity index (χ1) is 5.15. The van der Waals surface area contributed by atoms with Gasteiger partial charge in [0.25, 0.3) is 0 Å². The largest absolute Gasteiger partial charge is 0.382 e. The van der Waals surface area contributed by atoms with Crippen LogP contribution in [0.2, 0.25) is 0 Å². The molecule has 2 N–H and O–H groups in total. The molecule has 3 nitrogen and oxygen atoms in total. The lowest BCUT2D eigenvalue weighted by molar-refractivity contribution is 0.469. The van der Waals surface area contributed by atoms with Crippen LogP contribution in [-0.2, 0) is 0 Å². The van der Waals surface area contributed by atoms with Crippen LogP contribution < -0.4 is 5.73 Å². The molecule has 0 saturated heterocycles. The van der Waals surface area contributed by atoms with Crippen molar-refractivity contribution < 1.29 is 0 Å². The second-order valence-corrected chi connectivity index (χ2v) is 2.91. The third kappa shape index (κ3) is 1.53. The van der Waals surface area contributed by atoms with Crippen molar-refractivity contribution in [3.05, 3.63) is 11.8 Å². The average Bonchev–Trinajstić information content (AvgIpc) is 2.28. The molecule has 1 rings (SSSR count). The van der Waals surface area contributed by atoms with Gasteiger partial charge in [0.2, 0.25) is 0 Å². The Morgan fingerprint density at radius 2 is 2.36 bits per heavy atom. The molecule has 62 valence electrons. The molecule has 1 aromatic rings. The summed E-state index contributed by atoms with van der Waals surface area (Å²) in [7, 11) is 0. The third-order valence-electron chi connectivity index (χ3n) is 1.95. The highest BCUT2D eigenvalue weighted by molar-refractivity contribution is 5.28. The summed E-state index contributed by atoms with van der Waals surface area (Å²) >= 11 is 0. The molecule has 1 atom stereocenters. The van der Waals surface area contributed by atoms with E-state index in [0.29, 0.717) is 11.9 Å². The van der Waals surface area contributed by atoms with Crippen LogP contribution in [0.1, 0.15) is 32.0 Å². The van der Waals surface area contributed by atoms with Gasteiger partial charge in [0, 0.05) is 17.8 Å². The lowest BCUT2D eigenvalue weighted by Gasteiger charge is -2.10. The van der Waals surface area contributed by atoms with Crippen molar-refractivity contribution in [3.8, 4) is 0 Å². The van der Waals surface area contributed by atoms with E-state index in [1.54, 1.807) is 0 Å². The number of nitrogens with two attached hydrogens (primary N) is 1. The van der Waals surface area contributed by atoms with E-state index < -0.39 is 0 Å². The molecule has 0 bridgehead atoms. The molecule has 0 amide bonds. The number of hydrogen-bond acceptors (Lipinski definition) is 2. The van der Waals surface area contributed by atoms with Crippen molar-refractivity contribution in [1.29, 1.82) is 0 Å². The van der Waals surface area contributed by atoms with Crippen LogP contribution in [0.5, 0.6) is 0 Å². The van der Waals surface area contributed by atoms with E-state index in [9.17, 15) is 0 Å². The highest BCUT2D eigenvalue weighted by Gasteiger charge is 2.06. The van der Waals surface area contributed by atoms with Gasteiger partial charge in [-0.3, -0.25) is 4.68 Å². The second kappa shape index (κ2) is 2.95. The van der Waals surface area contributed by atoms with Gasteiger partial charge in [0.15, 0.2) is 0 Å². The SMILES string of the molecule is CC[C@H](C)n1nc(N)cc1C. The van der Waals surface area contributed by atoms with Crippen LogP contribution in [0.15, 0.2) is 6.07 Å². The maximum absolute atomic E-state index is 5.54. The normalized spacial score (nSPS) is 13.4. The quantitative estimate of drug-likeness (QED) is 0.703. The van der Waals surface area contributed by atoms with Gasteiger partial charge < -0.3 is 5.73 Å². The summed E-state index contributed by atoms with van der Waals surface area (Å²) in [5, 5.41) is 4.18. The van der Waals surface area contributed by atoms with E-state index in [2.05, 4.69) is 18.9 Å². The van der Waals surface area contributed by atoms with Gasteiger partial charge in [-0.05, 0) is 20.3 Å². The smallest absolute Gasteiger partial charge is 0.145 e. The van der Waals surface area contributed by atoms with Crippen LogP contribution in [0.3, 0.4) is 0 Å². The monoisotopic (exact) mass is 153 g/mol. The van der Waals surface area contributed by atoms with Gasteiger partial charge in [-0.2, -0.15) is 5.10 Å². The maximum Gasteiger partial charge on any atom is 0.145 e. The zero-order valence-corrected chi connectivity index (χ0v) is 7.33. The fraction of sp³-hybridized carbons (Fsp3) is 0.625. The molecule has 0 aliphatic heterocycles. The molecule has 1 heterocycles. The Hall–Kier alpha value is -0.990. The van der Waals surface area contributed by atoms with E-state index in [1.165, 1.54) is 0 Å². The van der Waals surface area contributed by atoms with Gasteiger partial charge >= 0.3 is 0 Å². The number of aryl methyl sites for hydroxylation is 1. The maximum atomic E-state index is 5.54. The summed E-state index contributed by atoms with van der Waals surface area (Å²) in [5.41, 5.74) is 6.68. The third-order valence-corrected chi connectivity index (χ3v) is 1.95. The summed E-state index contributed by atoms with van der Waals surface area (Å²) < 4.78 is 1.97. The fourth-order valence-electron chi connectivity index (χ4n) is 1.13. The predicted octanol–water partition coefficient (Wildman–Crippen LogP) is 1.74. The standard InChI is InChI=1S/C8H15N3/c1-4-6(2)11-7(3)5-8(9)10-11/h5-6H,4H2,1-3H3,(H2,9,10)/t6-/m0/s1. The van der Waals surface area contributed by atoms with Crippen molar-refractivity contribution in [2.45, 2.75) is 33.2 Å². The molecular weight excluding hydrogens is 138 g/mol. The minimum Gasteiger partial charge on any atom is -0.382 e. The van der Waals surface area contributed by atoms with Gasteiger partial charge in [0.05, 0.1) is 0 Å². The number of anilines is 1. The Morgan fingerprint density at radius 1 is 1.73 bits per heavy atom. The van der Waals surface area contributed by atoms with Gasteiger partial charge in [-0.15, -0.1) is 0 Å². The summed E-state index contributed by atoms with van der Waals surface area (Å²) in [6.07, 6.45) is 1.09. The summed E-state index contributed by atoms with van der Waals surface area (Å²) in [6.45, 7) is 6.30. The Kier molecular flexibility index (Phi) is 2.17. The Labute approximate surface area is 67.2 Å². The molecule has 0 saturated carbocycles. The van der Waals surface area contributed by atoms with Crippen molar-refractivity contribution in [2.24, 2.45) is 0 Å². The Bertz CT molecular complexity index is 239. The number of nitrogens with zero attached hydrogens (tertiary/aromatic N) is 2. The lowest BCUT2D eigenvalue weighted by atomic mass is 10.2. The van der Waals surface area contributed by atoms with E-state index >= 15 is 0 Å². The minimum absolute atomic E-state index is 0.451. The zero-order valence-electron chi connectivity index (χ0n) is 7.33. The first kappa shape index (κ1) is 8.11. The van der Waals surface area contributed by atoms with E-state index in [0.717, 1.165) is 12.1 Å². The highest BCUT2D eigenvalue weighted by atomic mass is 15.3. The van der Waals surface area contributed by atoms with Crippen molar-refractivity contribution >= 4 is 5.82 Å². The van der Waals surface area contributed by atoms with Crippen molar-refractivity contribution in [1.82, 2.24) is 9.78 Å². The summed E-state index contributed by atoms with van der Waals surface area (Å²) in [6, 6.07) is 2.35. The van der Waals surface area contributed by atoms with Gasteiger partial charge in [-0.25, -0.2) is 0 Å². The Balaban J connectivity index is 2.93. The molecule has 1 aromatic heterocycles. The zero-order chi connectivity index (χ0) is 8.43. The summed E-state index contributed by atoms with van der Waals surface area (Å²) in [5.74, 6) is 0.614. The number of nitrogen functional groups attached to an aromatic ring is 1. The fourth-order valence-corrected chi connectivity index (χ4v) is 1.13. The lowest BCUT2D eigenvalue weighted by Crippen LogP contribution is -2.07. The van der Waals surface area contributed by atoms with Crippen LogP contribution in [0.25, 0.3) is 0 Å². The van der Waals surface area contributed by atoms with Crippen LogP contribution in [0, 0.1) is 6.92 Å². The molecule has 0 radical (unpaired) electrons. The molecule has 3 heteroatoms. The van der Waals surface area contributed by atoms with Crippen molar-refractivity contribution in [3.63, 3.8) is 0 Å². The summed E-state index contributed by atoms with van der Waals surface area (Å²) in [4.78, 5) is 0. The first-order valence-electron chi connectivity index (χ1n) is 3.96. The van der Waals surface area contributed by atoms with Crippen LogP contribution in [-0.4, -0.2) is 9.78 Å². The molecule has 11 heavy (non-hydrogen) atoms. The van der Waals surface area contributed by atoms with Crippen LogP contribution in [0.4, 0.5) is 5.82 Å². The van der Waals surface area contributed by atoms with E-state index in [-0.39, 0.29) is 0 Å². The molecule has 0 aliphatic rings. The molecule has 0 unspecified atom stereocenters. The van der Waals surface area contributed by atoms with Crippen molar-refractivity contribution in [2.75, 3.05) is 5.73 Å². The van der Waals surface area contributed by atoms with E-state index in [4.69, 9.17) is 5.73 Å². The second-order valence-electron chi connectivity index (χ2n) is 2.91. The number of aromatic nitrogens is 2. The molecule has 0 aliphatic carbocycles. The average molecular weight is 153 g/mol. The molecule has 0 fully saturated rings. The van der Waals surface area contributed by atoms with Gasteiger partial charge in [0.1, 0.15) is 5.82 Å². The van der Waals surface area contributed by atoms with Crippen LogP contribution >= 0.6 is 0 Å². The molecular formula is C8H15N3. The highest BCUT2D eigenvalue weighted by Crippen LogP contribution is 2.14. The Morgan fingerprint density at radius 3 is 2.73 bits per heavy atom. The molecule has 0 aromatic carbocycles. The molecule has 0 spiro atoms. The predicted molar refractivity (Wildman–Crippen MR) is 46.4 cm³/mol.